The Morgan fingerprint density at radius 3 is 2.10 bits per heavy atom. The van der Waals surface area contributed by atoms with Crippen molar-refractivity contribution in [2.45, 2.75) is 78.8 Å². The first kappa shape index (κ1) is 16.3. The Balaban J connectivity index is 1.91. The normalized spacial score (nSPS) is 34.6. The van der Waals surface area contributed by atoms with Crippen molar-refractivity contribution in [1.82, 2.24) is 4.90 Å². The lowest BCUT2D eigenvalue weighted by molar-refractivity contribution is 0.0427. The van der Waals surface area contributed by atoms with Gasteiger partial charge in [-0.25, -0.2) is 0 Å². The van der Waals surface area contributed by atoms with E-state index in [0.29, 0.717) is 17.5 Å². The lowest BCUT2D eigenvalue weighted by atomic mass is 9.73. The van der Waals surface area contributed by atoms with Crippen LogP contribution in [0.15, 0.2) is 0 Å². The van der Waals surface area contributed by atoms with Crippen molar-refractivity contribution in [3.8, 4) is 0 Å². The Kier molecular flexibility index (Phi) is 5.18. The third-order valence-corrected chi connectivity index (χ3v) is 6.08. The van der Waals surface area contributed by atoms with Crippen LogP contribution in [0.4, 0.5) is 0 Å². The smallest absolute Gasteiger partial charge is 0.0249 e. The molecule has 2 fully saturated rings. The minimum atomic E-state index is 0.413. The summed E-state index contributed by atoms with van der Waals surface area (Å²) in [6, 6.07) is 1.06. The number of likely N-dealkylation sites (tertiary alicyclic amines) is 1. The zero-order valence-corrected chi connectivity index (χ0v) is 14.4. The van der Waals surface area contributed by atoms with Crippen LogP contribution >= 0.6 is 0 Å². The molecule has 3 unspecified atom stereocenters. The number of hydrogen-bond donors (Lipinski definition) is 1. The highest BCUT2D eigenvalue weighted by Gasteiger charge is 2.36. The molecule has 0 aromatic carbocycles. The summed E-state index contributed by atoms with van der Waals surface area (Å²) in [6.45, 7) is 14.5. The maximum atomic E-state index is 6.45. The van der Waals surface area contributed by atoms with Gasteiger partial charge in [0.05, 0.1) is 0 Å². The quantitative estimate of drug-likeness (QED) is 0.831. The van der Waals surface area contributed by atoms with Gasteiger partial charge in [-0.3, -0.25) is 4.90 Å². The second kappa shape index (κ2) is 6.36. The van der Waals surface area contributed by atoms with Gasteiger partial charge in [-0.1, -0.05) is 34.6 Å². The largest absolute Gasteiger partial charge is 0.326 e. The summed E-state index contributed by atoms with van der Waals surface area (Å²) in [5.41, 5.74) is 6.92. The summed E-state index contributed by atoms with van der Waals surface area (Å²) in [5, 5.41) is 0. The molecule has 118 valence electrons. The third-order valence-electron chi connectivity index (χ3n) is 6.08. The molecule has 0 radical (unpaired) electrons. The SMILES string of the molecule is CC(C)C1CCC(N)C(N2CCC(C(C)(C)C)CC2)C1. The minimum absolute atomic E-state index is 0.413. The number of piperidine rings is 1. The van der Waals surface area contributed by atoms with E-state index in [1.54, 1.807) is 0 Å². The molecule has 20 heavy (non-hydrogen) atoms. The molecule has 1 heterocycles. The number of nitrogens with two attached hydrogens (primary N) is 1. The summed E-state index contributed by atoms with van der Waals surface area (Å²) in [6.07, 6.45) is 6.62. The predicted octanol–water partition coefficient (Wildman–Crippen LogP) is 3.90. The van der Waals surface area contributed by atoms with Gasteiger partial charge in [0.2, 0.25) is 0 Å². The highest BCUT2D eigenvalue weighted by atomic mass is 15.2. The van der Waals surface area contributed by atoms with E-state index in [1.165, 1.54) is 45.2 Å². The monoisotopic (exact) mass is 280 g/mol. The van der Waals surface area contributed by atoms with Crippen LogP contribution in [-0.4, -0.2) is 30.1 Å². The number of nitrogens with zero attached hydrogens (tertiary/aromatic N) is 1. The topological polar surface area (TPSA) is 29.3 Å². The molecule has 2 nitrogen and oxygen atoms in total. The van der Waals surface area contributed by atoms with Gasteiger partial charge in [-0.15, -0.1) is 0 Å². The van der Waals surface area contributed by atoms with Gasteiger partial charge in [0.15, 0.2) is 0 Å². The fraction of sp³-hybridized carbons (Fsp3) is 1.00. The average molecular weight is 280 g/mol. The lowest BCUT2D eigenvalue weighted by Crippen LogP contribution is -2.54. The zero-order chi connectivity index (χ0) is 14.9. The van der Waals surface area contributed by atoms with Crippen molar-refractivity contribution in [2.24, 2.45) is 28.9 Å². The van der Waals surface area contributed by atoms with E-state index < -0.39 is 0 Å². The van der Waals surface area contributed by atoms with E-state index in [9.17, 15) is 0 Å². The predicted molar refractivity (Wildman–Crippen MR) is 87.7 cm³/mol. The zero-order valence-electron chi connectivity index (χ0n) is 14.4. The van der Waals surface area contributed by atoms with Gasteiger partial charge >= 0.3 is 0 Å². The Morgan fingerprint density at radius 1 is 1.00 bits per heavy atom. The van der Waals surface area contributed by atoms with E-state index in [1.807, 2.05) is 0 Å². The number of rotatable bonds is 2. The molecule has 2 heteroatoms. The van der Waals surface area contributed by atoms with Crippen molar-refractivity contribution in [1.29, 1.82) is 0 Å². The van der Waals surface area contributed by atoms with Crippen LogP contribution in [0.3, 0.4) is 0 Å². The first-order chi connectivity index (χ1) is 9.29. The van der Waals surface area contributed by atoms with Crippen LogP contribution in [0, 0.1) is 23.2 Å². The fourth-order valence-corrected chi connectivity index (χ4v) is 4.32. The average Bonchev–Trinajstić information content (AvgIpc) is 2.38. The summed E-state index contributed by atoms with van der Waals surface area (Å²) in [5.74, 6) is 2.59. The molecule has 0 aromatic heterocycles. The molecule has 2 aliphatic rings. The molecule has 2 N–H and O–H groups in total. The van der Waals surface area contributed by atoms with Crippen LogP contribution in [0.2, 0.25) is 0 Å². The molecule has 0 spiro atoms. The highest BCUT2D eigenvalue weighted by molar-refractivity contribution is 4.92. The van der Waals surface area contributed by atoms with E-state index in [-0.39, 0.29) is 0 Å². The Hall–Kier alpha value is -0.0800. The van der Waals surface area contributed by atoms with Gasteiger partial charge in [-0.2, -0.15) is 0 Å². The van der Waals surface area contributed by atoms with Crippen LogP contribution in [0.5, 0.6) is 0 Å². The first-order valence-corrected chi connectivity index (χ1v) is 8.78. The van der Waals surface area contributed by atoms with E-state index >= 15 is 0 Å². The summed E-state index contributed by atoms with van der Waals surface area (Å²) < 4.78 is 0. The maximum absolute atomic E-state index is 6.45. The van der Waals surface area contributed by atoms with Crippen molar-refractivity contribution in [2.75, 3.05) is 13.1 Å². The minimum Gasteiger partial charge on any atom is -0.326 e. The molecular weight excluding hydrogens is 244 g/mol. The molecule has 1 aliphatic heterocycles. The molecular formula is C18H36N2. The van der Waals surface area contributed by atoms with Crippen molar-refractivity contribution >= 4 is 0 Å². The first-order valence-electron chi connectivity index (χ1n) is 8.78. The highest BCUT2D eigenvalue weighted by Crippen LogP contribution is 2.37. The van der Waals surface area contributed by atoms with Gasteiger partial charge in [0, 0.05) is 12.1 Å². The number of hydrogen-bond acceptors (Lipinski definition) is 2. The molecule has 3 atom stereocenters. The second-order valence-corrected chi connectivity index (χ2v) is 8.72. The maximum Gasteiger partial charge on any atom is 0.0249 e. The van der Waals surface area contributed by atoms with Gasteiger partial charge in [0.25, 0.3) is 0 Å². The summed E-state index contributed by atoms with van der Waals surface area (Å²) in [7, 11) is 0. The standard InChI is InChI=1S/C18H36N2/c1-13(2)14-6-7-16(19)17(12-14)20-10-8-15(9-11-20)18(3,4)5/h13-17H,6-12,19H2,1-5H3. The van der Waals surface area contributed by atoms with Crippen LogP contribution < -0.4 is 5.73 Å². The summed E-state index contributed by atoms with van der Waals surface area (Å²) >= 11 is 0. The van der Waals surface area contributed by atoms with Crippen molar-refractivity contribution in [3.05, 3.63) is 0 Å². The van der Waals surface area contributed by atoms with Gasteiger partial charge in [0.1, 0.15) is 0 Å². The molecule has 2 rings (SSSR count). The van der Waals surface area contributed by atoms with E-state index in [4.69, 9.17) is 5.73 Å². The van der Waals surface area contributed by atoms with Crippen LogP contribution in [-0.2, 0) is 0 Å². The van der Waals surface area contributed by atoms with Crippen LogP contribution in [0.1, 0.15) is 66.7 Å². The van der Waals surface area contributed by atoms with Gasteiger partial charge < -0.3 is 5.73 Å². The van der Waals surface area contributed by atoms with E-state index in [0.717, 1.165) is 17.8 Å². The molecule has 1 saturated carbocycles. The second-order valence-electron chi connectivity index (χ2n) is 8.72. The van der Waals surface area contributed by atoms with E-state index in [2.05, 4.69) is 39.5 Å². The molecule has 0 bridgehead atoms. The molecule has 0 aromatic rings. The lowest BCUT2D eigenvalue weighted by Gasteiger charge is -2.47. The van der Waals surface area contributed by atoms with Crippen molar-refractivity contribution < 1.29 is 0 Å². The van der Waals surface area contributed by atoms with Crippen LogP contribution in [0.25, 0.3) is 0 Å². The van der Waals surface area contributed by atoms with Crippen molar-refractivity contribution in [3.63, 3.8) is 0 Å². The fourth-order valence-electron chi connectivity index (χ4n) is 4.32. The Labute approximate surface area is 126 Å². The molecule has 1 saturated heterocycles. The Bertz CT molecular complexity index is 297. The summed E-state index contributed by atoms with van der Waals surface area (Å²) in [4.78, 5) is 2.72. The Morgan fingerprint density at radius 2 is 1.60 bits per heavy atom. The van der Waals surface area contributed by atoms with Gasteiger partial charge in [-0.05, 0) is 68.4 Å². The molecule has 0 amide bonds. The third kappa shape index (κ3) is 3.76. The molecule has 1 aliphatic carbocycles.